The highest BCUT2D eigenvalue weighted by Crippen LogP contribution is 2.33. The molecule has 0 aromatic heterocycles. The van der Waals surface area contributed by atoms with Crippen molar-refractivity contribution in [3.05, 3.63) is 57.6 Å². The lowest BCUT2D eigenvalue weighted by Gasteiger charge is -2.23. The van der Waals surface area contributed by atoms with Crippen LogP contribution in [0.1, 0.15) is 11.1 Å². The molecule has 0 bridgehead atoms. The largest absolute Gasteiger partial charge is 0.491 e. The summed E-state index contributed by atoms with van der Waals surface area (Å²) in [5.41, 5.74) is 2.30. The van der Waals surface area contributed by atoms with Crippen LogP contribution in [0.15, 0.2) is 36.4 Å². The number of carbonyl (C=O) groups is 1. The number of halogens is 2. The Morgan fingerprint density at radius 2 is 1.82 bits per heavy atom. The predicted octanol–water partition coefficient (Wildman–Crippen LogP) is 3.57. The number of nitrogens with zero attached hydrogens (tertiary/aromatic N) is 1. The van der Waals surface area contributed by atoms with E-state index >= 15 is 0 Å². The summed E-state index contributed by atoms with van der Waals surface area (Å²) in [5.74, 6) is 0.267. The van der Waals surface area contributed by atoms with E-state index in [-0.39, 0.29) is 28.9 Å². The summed E-state index contributed by atoms with van der Waals surface area (Å²) in [5, 5.41) is 2.92. The second-order valence-corrected chi connectivity index (χ2v) is 8.93. The Bertz CT molecular complexity index is 964. The molecule has 28 heavy (non-hydrogen) atoms. The molecule has 0 spiro atoms. The monoisotopic (exact) mass is 444 g/mol. The molecule has 1 N–H and O–H groups in total. The molecule has 0 saturated heterocycles. The molecule has 2 aromatic rings. The van der Waals surface area contributed by atoms with Gasteiger partial charge in [0.05, 0.1) is 28.5 Å². The summed E-state index contributed by atoms with van der Waals surface area (Å²) in [4.78, 5) is 12.3. The number of sulfonamides is 1. The average molecular weight is 445 g/mol. The molecule has 6 nitrogen and oxygen atoms in total. The van der Waals surface area contributed by atoms with Gasteiger partial charge < -0.3 is 10.1 Å². The molecular weight excluding hydrogens is 423 g/mol. The summed E-state index contributed by atoms with van der Waals surface area (Å²) in [6.45, 7) is 4.02. The molecule has 0 saturated carbocycles. The number of anilines is 1. The van der Waals surface area contributed by atoms with Gasteiger partial charge in [0.1, 0.15) is 18.9 Å². The highest BCUT2D eigenvalue weighted by atomic mass is 35.5. The lowest BCUT2D eigenvalue weighted by Crippen LogP contribution is -2.41. The van der Waals surface area contributed by atoms with Crippen LogP contribution < -0.4 is 14.4 Å². The summed E-state index contributed by atoms with van der Waals surface area (Å²) < 4.78 is 30.9. The van der Waals surface area contributed by atoms with Crippen LogP contribution in [0.3, 0.4) is 0 Å². The van der Waals surface area contributed by atoms with Crippen LogP contribution in [0, 0.1) is 13.8 Å². The lowest BCUT2D eigenvalue weighted by molar-refractivity contribution is -0.119. The molecule has 0 aliphatic heterocycles. The van der Waals surface area contributed by atoms with Crippen molar-refractivity contribution < 1.29 is 17.9 Å². The van der Waals surface area contributed by atoms with E-state index < -0.39 is 22.5 Å². The Labute approximate surface area is 175 Å². The highest BCUT2D eigenvalue weighted by molar-refractivity contribution is 7.92. The Kier molecular flexibility index (Phi) is 7.57. The van der Waals surface area contributed by atoms with Crippen molar-refractivity contribution in [2.75, 3.05) is 30.3 Å². The molecule has 2 rings (SSSR count). The third-order valence-corrected chi connectivity index (χ3v) is 6.06. The van der Waals surface area contributed by atoms with Gasteiger partial charge in [-0.25, -0.2) is 8.42 Å². The third kappa shape index (κ3) is 5.77. The molecule has 0 aliphatic carbocycles. The first-order valence-electron chi connectivity index (χ1n) is 8.48. The molecule has 0 heterocycles. The van der Waals surface area contributed by atoms with Crippen molar-refractivity contribution in [3.8, 4) is 5.75 Å². The van der Waals surface area contributed by atoms with Gasteiger partial charge in [-0.05, 0) is 43.2 Å². The number of rotatable bonds is 8. The summed E-state index contributed by atoms with van der Waals surface area (Å²) in [6, 6.07) is 10.3. The van der Waals surface area contributed by atoms with Crippen LogP contribution in [0.25, 0.3) is 0 Å². The minimum Gasteiger partial charge on any atom is -0.491 e. The third-order valence-electron chi connectivity index (χ3n) is 4.12. The second-order valence-electron chi connectivity index (χ2n) is 6.24. The van der Waals surface area contributed by atoms with Gasteiger partial charge in [0.15, 0.2) is 0 Å². The number of ether oxygens (including phenoxy) is 1. The van der Waals surface area contributed by atoms with Gasteiger partial charge in [-0.3, -0.25) is 9.10 Å². The summed E-state index contributed by atoms with van der Waals surface area (Å²) in [6.07, 6.45) is 1.00. The lowest BCUT2D eigenvalue weighted by atomic mass is 10.1. The number of nitrogens with one attached hydrogen (secondary N) is 1. The molecule has 0 radical (unpaired) electrons. The summed E-state index contributed by atoms with van der Waals surface area (Å²) >= 11 is 12.1. The number of hydrogen-bond donors (Lipinski definition) is 1. The Hall–Kier alpha value is -1.96. The maximum absolute atomic E-state index is 12.3. The summed E-state index contributed by atoms with van der Waals surface area (Å²) in [7, 11) is -3.74. The minimum absolute atomic E-state index is 0.0700. The molecule has 0 aliphatic rings. The van der Waals surface area contributed by atoms with Crippen LogP contribution in [-0.4, -0.2) is 40.3 Å². The van der Waals surface area contributed by atoms with Crippen LogP contribution in [0.4, 0.5) is 5.69 Å². The molecule has 0 fully saturated rings. The zero-order valence-corrected chi connectivity index (χ0v) is 18.2. The van der Waals surface area contributed by atoms with E-state index in [0.717, 1.165) is 27.4 Å². The fourth-order valence-electron chi connectivity index (χ4n) is 2.48. The van der Waals surface area contributed by atoms with E-state index in [1.165, 1.54) is 6.07 Å². The number of carbonyl (C=O) groups excluding carboxylic acids is 1. The highest BCUT2D eigenvalue weighted by Gasteiger charge is 2.23. The second kappa shape index (κ2) is 9.49. The Balaban J connectivity index is 1.97. The van der Waals surface area contributed by atoms with Gasteiger partial charge in [-0.15, -0.1) is 0 Å². The molecule has 1 amide bonds. The van der Waals surface area contributed by atoms with Gasteiger partial charge >= 0.3 is 0 Å². The van der Waals surface area contributed by atoms with E-state index in [4.69, 9.17) is 27.9 Å². The van der Waals surface area contributed by atoms with Gasteiger partial charge in [0.25, 0.3) is 0 Å². The molecule has 9 heteroatoms. The van der Waals surface area contributed by atoms with Crippen LogP contribution in [0.5, 0.6) is 5.75 Å². The van der Waals surface area contributed by atoms with E-state index in [1.54, 1.807) is 12.1 Å². The normalized spacial score (nSPS) is 11.2. The molecular formula is C19H22Cl2N2O4S. The van der Waals surface area contributed by atoms with E-state index in [2.05, 4.69) is 5.32 Å². The van der Waals surface area contributed by atoms with Crippen molar-refractivity contribution in [2.45, 2.75) is 13.8 Å². The van der Waals surface area contributed by atoms with Crippen molar-refractivity contribution in [3.63, 3.8) is 0 Å². The number of amides is 1. The number of hydrogen-bond acceptors (Lipinski definition) is 4. The van der Waals surface area contributed by atoms with E-state index in [9.17, 15) is 13.2 Å². The zero-order chi connectivity index (χ0) is 20.9. The van der Waals surface area contributed by atoms with Crippen LogP contribution in [0.2, 0.25) is 10.0 Å². The van der Waals surface area contributed by atoms with Gasteiger partial charge in [0, 0.05) is 0 Å². The van der Waals surface area contributed by atoms with Crippen molar-refractivity contribution in [2.24, 2.45) is 0 Å². The van der Waals surface area contributed by atoms with Crippen molar-refractivity contribution in [1.82, 2.24) is 5.32 Å². The first-order chi connectivity index (χ1) is 13.1. The van der Waals surface area contributed by atoms with Crippen LogP contribution in [-0.2, 0) is 14.8 Å². The first kappa shape index (κ1) is 22.3. The molecule has 0 atom stereocenters. The van der Waals surface area contributed by atoms with Gasteiger partial charge in [-0.1, -0.05) is 41.4 Å². The topological polar surface area (TPSA) is 75.7 Å². The Morgan fingerprint density at radius 3 is 2.50 bits per heavy atom. The fraction of sp³-hybridized carbons (Fsp3) is 0.316. The molecule has 2 aromatic carbocycles. The quantitative estimate of drug-likeness (QED) is 0.631. The van der Waals surface area contributed by atoms with E-state index in [1.807, 2.05) is 32.0 Å². The fourth-order valence-corrected chi connectivity index (χ4v) is 3.79. The zero-order valence-electron chi connectivity index (χ0n) is 15.8. The smallest absolute Gasteiger partial charge is 0.240 e. The van der Waals surface area contributed by atoms with Crippen LogP contribution >= 0.6 is 23.2 Å². The van der Waals surface area contributed by atoms with Crippen molar-refractivity contribution >= 4 is 44.8 Å². The predicted molar refractivity (Wildman–Crippen MR) is 113 cm³/mol. The maximum atomic E-state index is 12.3. The van der Waals surface area contributed by atoms with E-state index in [0.29, 0.717) is 0 Å². The standard InChI is InChI=1S/C19H22Cl2N2O4S/c1-13-6-4-9-17(14(13)2)27-11-10-22-18(24)12-23(28(3,25)26)16-8-5-7-15(20)19(16)21/h4-9H,10-12H2,1-3H3,(H,22,24). The first-order valence-corrected chi connectivity index (χ1v) is 11.1. The maximum Gasteiger partial charge on any atom is 0.240 e. The number of aryl methyl sites for hydroxylation is 1. The van der Waals surface area contributed by atoms with Crippen molar-refractivity contribution in [1.29, 1.82) is 0 Å². The minimum atomic E-state index is -3.74. The molecule has 0 unspecified atom stereocenters. The van der Waals surface area contributed by atoms with Gasteiger partial charge in [0.2, 0.25) is 15.9 Å². The Morgan fingerprint density at radius 1 is 1.14 bits per heavy atom. The number of benzene rings is 2. The molecule has 152 valence electrons. The SMILES string of the molecule is Cc1cccc(OCCNC(=O)CN(c2cccc(Cl)c2Cl)S(C)(=O)=O)c1C. The van der Waals surface area contributed by atoms with Gasteiger partial charge in [-0.2, -0.15) is 0 Å². The average Bonchev–Trinajstić information content (AvgIpc) is 2.62.